The van der Waals surface area contributed by atoms with Gasteiger partial charge in [-0.3, -0.25) is 13.9 Å². The van der Waals surface area contributed by atoms with Gasteiger partial charge in [-0.25, -0.2) is 8.42 Å². The molecule has 1 N–H and O–H groups in total. The summed E-state index contributed by atoms with van der Waals surface area (Å²) in [6, 6.07) is 22.7. The molecule has 3 aromatic rings. The van der Waals surface area contributed by atoms with E-state index >= 15 is 0 Å². The van der Waals surface area contributed by atoms with Crippen LogP contribution in [0.1, 0.15) is 56.7 Å². The zero-order valence-corrected chi connectivity index (χ0v) is 26.0. The lowest BCUT2D eigenvalue weighted by molar-refractivity contribution is -0.140. The topological polar surface area (TPSA) is 86.8 Å². The van der Waals surface area contributed by atoms with Crippen molar-refractivity contribution in [2.75, 3.05) is 17.1 Å². The van der Waals surface area contributed by atoms with E-state index in [-0.39, 0.29) is 30.8 Å². The van der Waals surface area contributed by atoms with Crippen molar-refractivity contribution in [1.82, 2.24) is 10.2 Å². The molecule has 7 nitrogen and oxygen atoms in total. The SMILES string of the molecule is CCC(C)NC(=O)C(Cc1ccccc1)N(Cc1ccc(Cl)cc1)C(=O)CN(c1ccc(C(C)C)cc1)S(C)(=O)=O. The Morgan fingerprint density at radius 3 is 2.02 bits per heavy atom. The first-order valence-corrected chi connectivity index (χ1v) is 16.1. The highest BCUT2D eigenvalue weighted by molar-refractivity contribution is 7.92. The Kier molecular flexibility index (Phi) is 11.4. The van der Waals surface area contributed by atoms with Gasteiger partial charge >= 0.3 is 0 Å². The summed E-state index contributed by atoms with van der Waals surface area (Å²) in [5.74, 6) is -0.508. The van der Waals surface area contributed by atoms with Crippen LogP contribution < -0.4 is 9.62 Å². The maximum absolute atomic E-state index is 14.1. The highest BCUT2D eigenvalue weighted by Crippen LogP contribution is 2.23. The summed E-state index contributed by atoms with van der Waals surface area (Å²) >= 11 is 6.10. The fourth-order valence-electron chi connectivity index (χ4n) is 4.42. The number of hydrogen-bond donors (Lipinski definition) is 1. The summed E-state index contributed by atoms with van der Waals surface area (Å²) < 4.78 is 27.0. The Hall–Kier alpha value is -3.36. The van der Waals surface area contributed by atoms with Crippen LogP contribution in [0.2, 0.25) is 5.02 Å². The van der Waals surface area contributed by atoms with Gasteiger partial charge < -0.3 is 10.2 Å². The highest BCUT2D eigenvalue weighted by Gasteiger charge is 2.33. The van der Waals surface area contributed by atoms with Gasteiger partial charge in [0, 0.05) is 24.0 Å². The Morgan fingerprint density at radius 1 is 0.878 bits per heavy atom. The van der Waals surface area contributed by atoms with Gasteiger partial charge in [0.15, 0.2) is 0 Å². The van der Waals surface area contributed by atoms with Crippen molar-refractivity contribution in [3.8, 4) is 0 Å². The molecule has 9 heteroatoms. The summed E-state index contributed by atoms with van der Waals surface area (Å²) in [5.41, 5.74) is 3.10. The van der Waals surface area contributed by atoms with Crippen molar-refractivity contribution in [3.05, 3.63) is 101 Å². The Bertz CT molecular complexity index is 1400. The van der Waals surface area contributed by atoms with Gasteiger partial charge in [0.1, 0.15) is 12.6 Å². The van der Waals surface area contributed by atoms with Crippen LogP contribution in [0.3, 0.4) is 0 Å². The van der Waals surface area contributed by atoms with Crippen LogP contribution >= 0.6 is 11.6 Å². The third-order valence-corrected chi connectivity index (χ3v) is 8.46. The van der Waals surface area contributed by atoms with Crippen LogP contribution in [-0.4, -0.2) is 50.0 Å². The molecule has 0 saturated carbocycles. The number of nitrogens with zero attached hydrogens (tertiary/aromatic N) is 2. The van der Waals surface area contributed by atoms with E-state index in [1.807, 2.05) is 56.3 Å². The molecule has 0 spiro atoms. The van der Waals surface area contributed by atoms with Gasteiger partial charge in [-0.2, -0.15) is 0 Å². The molecule has 0 bridgehead atoms. The number of amides is 2. The fraction of sp³-hybridized carbons (Fsp3) is 0.375. The number of carbonyl (C=O) groups is 2. The number of anilines is 1. The summed E-state index contributed by atoms with van der Waals surface area (Å²) in [4.78, 5) is 29.3. The van der Waals surface area contributed by atoms with E-state index in [2.05, 4.69) is 19.2 Å². The van der Waals surface area contributed by atoms with Crippen molar-refractivity contribution in [2.24, 2.45) is 0 Å². The molecule has 0 heterocycles. The average molecular weight is 598 g/mol. The zero-order valence-electron chi connectivity index (χ0n) is 24.4. The smallest absolute Gasteiger partial charge is 0.244 e. The monoisotopic (exact) mass is 597 g/mol. The number of sulfonamides is 1. The van der Waals surface area contributed by atoms with Gasteiger partial charge in [0.05, 0.1) is 11.9 Å². The average Bonchev–Trinajstić information content (AvgIpc) is 2.94. The predicted molar refractivity (Wildman–Crippen MR) is 167 cm³/mol. The van der Waals surface area contributed by atoms with E-state index in [4.69, 9.17) is 11.6 Å². The minimum atomic E-state index is -3.82. The fourth-order valence-corrected chi connectivity index (χ4v) is 5.40. The Balaban J connectivity index is 2.04. The van der Waals surface area contributed by atoms with E-state index < -0.39 is 28.5 Å². The van der Waals surface area contributed by atoms with E-state index in [0.29, 0.717) is 10.7 Å². The summed E-state index contributed by atoms with van der Waals surface area (Å²) in [5, 5.41) is 3.58. The largest absolute Gasteiger partial charge is 0.352 e. The molecule has 3 aromatic carbocycles. The van der Waals surface area contributed by atoms with Crippen LogP contribution in [0.15, 0.2) is 78.9 Å². The second-order valence-electron chi connectivity index (χ2n) is 10.7. The van der Waals surface area contributed by atoms with Crippen LogP contribution in [0, 0.1) is 0 Å². The third kappa shape index (κ3) is 9.33. The molecule has 3 rings (SSSR count). The molecule has 220 valence electrons. The maximum atomic E-state index is 14.1. The second-order valence-corrected chi connectivity index (χ2v) is 13.0. The Morgan fingerprint density at radius 2 is 1.49 bits per heavy atom. The summed E-state index contributed by atoms with van der Waals surface area (Å²) in [7, 11) is -3.82. The Labute approximate surface area is 249 Å². The first-order valence-electron chi connectivity index (χ1n) is 13.8. The lowest BCUT2D eigenvalue weighted by Crippen LogP contribution is -2.54. The first kappa shape index (κ1) is 32.2. The van der Waals surface area contributed by atoms with Gasteiger partial charge in [-0.15, -0.1) is 0 Å². The zero-order chi connectivity index (χ0) is 30.2. The molecule has 0 aliphatic rings. The molecule has 0 aromatic heterocycles. The number of benzene rings is 3. The normalized spacial score (nSPS) is 13.0. The second kappa shape index (κ2) is 14.5. The van der Waals surface area contributed by atoms with E-state index in [1.54, 1.807) is 36.4 Å². The molecule has 2 amide bonds. The van der Waals surface area contributed by atoms with Gasteiger partial charge in [0.2, 0.25) is 21.8 Å². The quantitative estimate of drug-likeness (QED) is 0.270. The van der Waals surface area contributed by atoms with Crippen LogP contribution in [-0.2, 0) is 32.6 Å². The summed E-state index contributed by atoms with van der Waals surface area (Å²) in [6.07, 6.45) is 2.07. The van der Waals surface area contributed by atoms with Gasteiger partial charge in [-0.05, 0) is 60.2 Å². The highest BCUT2D eigenvalue weighted by atomic mass is 35.5. The van der Waals surface area contributed by atoms with E-state index in [9.17, 15) is 18.0 Å². The minimum absolute atomic E-state index is 0.0970. The lowest BCUT2D eigenvalue weighted by Gasteiger charge is -2.34. The number of nitrogens with one attached hydrogen (secondary N) is 1. The van der Waals surface area contributed by atoms with Crippen molar-refractivity contribution < 1.29 is 18.0 Å². The van der Waals surface area contributed by atoms with Crippen molar-refractivity contribution in [3.63, 3.8) is 0 Å². The molecule has 0 fully saturated rings. The third-order valence-electron chi connectivity index (χ3n) is 7.07. The lowest BCUT2D eigenvalue weighted by atomic mass is 10.0. The van der Waals surface area contributed by atoms with Crippen molar-refractivity contribution in [2.45, 2.75) is 65.1 Å². The van der Waals surface area contributed by atoms with E-state index in [0.717, 1.165) is 33.7 Å². The molecule has 41 heavy (non-hydrogen) atoms. The van der Waals surface area contributed by atoms with Crippen molar-refractivity contribution >= 4 is 39.1 Å². The number of carbonyl (C=O) groups excluding carboxylic acids is 2. The number of rotatable bonds is 13. The van der Waals surface area contributed by atoms with Gasteiger partial charge in [-0.1, -0.05) is 87.0 Å². The number of halogens is 1. The molecule has 0 aliphatic carbocycles. The summed E-state index contributed by atoms with van der Waals surface area (Å²) in [6.45, 7) is 7.65. The molecular weight excluding hydrogens is 558 g/mol. The van der Waals surface area contributed by atoms with Crippen LogP contribution in [0.5, 0.6) is 0 Å². The molecule has 0 aliphatic heterocycles. The van der Waals surface area contributed by atoms with Crippen molar-refractivity contribution in [1.29, 1.82) is 0 Å². The molecule has 2 unspecified atom stereocenters. The van der Waals surface area contributed by atoms with Crippen LogP contribution in [0.4, 0.5) is 5.69 Å². The van der Waals surface area contributed by atoms with Crippen LogP contribution in [0.25, 0.3) is 0 Å². The molecule has 0 saturated heterocycles. The predicted octanol–water partition coefficient (Wildman–Crippen LogP) is 5.78. The first-order chi connectivity index (χ1) is 19.4. The molecule has 0 radical (unpaired) electrons. The molecular formula is C32H40ClN3O4S. The maximum Gasteiger partial charge on any atom is 0.244 e. The van der Waals surface area contributed by atoms with E-state index in [1.165, 1.54) is 4.90 Å². The van der Waals surface area contributed by atoms with Gasteiger partial charge in [0.25, 0.3) is 0 Å². The molecule has 2 atom stereocenters. The standard InChI is InChI=1S/C32H40ClN3O4S/c1-6-24(4)34-32(38)30(20-25-10-8-7-9-11-25)35(21-26-12-16-28(33)17-13-26)31(37)22-36(41(5,39)40)29-18-14-27(15-19-29)23(2)3/h7-19,23-24,30H,6,20-22H2,1-5H3,(H,34,38). The number of hydrogen-bond acceptors (Lipinski definition) is 4. The minimum Gasteiger partial charge on any atom is -0.352 e.